The van der Waals surface area contributed by atoms with Crippen molar-refractivity contribution >= 4 is 12.1 Å². The molecule has 8 nitrogen and oxygen atoms in total. The lowest BCUT2D eigenvalue weighted by Gasteiger charge is -2.32. The Morgan fingerprint density at radius 1 is 1.41 bits per heavy atom. The van der Waals surface area contributed by atoms with Gasteiger partial charge in [-0.05, 0) is 19.8 Å². The number of nitrogens with one attached hydrogen (secondary N) is 2. The van der Waals surface area contributed by atoms with E-state index in [9.17, 15) is 18.0 Å². The molecule has 1 aliphatic heterocycles. The van der Waals surface area contributed by atoms with Crippen LogP contribution in [-0.2, 0) is 24.5 Å². The van der Waals surface area contributed by atoms with Gasteiger partial charge in [0.05, 0.1) is 13.7 Å². The van der Waals surface area contributed by atoms with Crippen LogP contribution in [0.2, 0.25) is 0 Å². The molecule has 11 heteroatoms. The van der Waals surface area contributed by atoms with Gasteiger partial charge in [-0.15, -0.1) is 0 Å². The topological polar surface area (TPSA) is 83.8 Å². The highest BCUT2D eigenvalue weighted by atomic mass is 19.4. The Balaban J connectivity index is 2.01. The number of amides is 1. The quantitative estimate of drug-likeness (QED) is 0.604. The summed E-state index contributed by atoms with van der Waals surface area (Å²) in [6.45, 7) is 3.41. The number of nitrogens with zero attached hydrogens (tertiary/aromatic N) is 4. The van der Waals surface area contributed by atoms with Crippen molar-refractivity contribution in [3.05, 3.63) is 17.5 Å². The molecule has 0 bridgehead atoms. The second kappa shape index (κ2) is 8.96. The number of guanidine groups is 1. The summed E-state index contributed by atoms with van der Waals surface area (Å²) in [5.41, 5.74) is -0.904. The largest absolute Gasteiger partial charge is 0.453 e. The van der Waals surface area contributed by atoms with Crippen molar-refractivity contribution in [3.63, 3.8) is 0 Å². The molecule has 1 saturated heterocycles. The van der Waals surface area contributed by atoms with E-state index < -0.39 is 11.9 Å². The number of hydrogen-bond acceptors (Lipinski definition) is 4. The zero-order chi connectivity index (χ0) is 20.0. The van der Waals surface area contributed by atoms with Crippen molar-refractivity contribution in [2.45, 2.75) is 38.5 Å². The minimum absolute atomic E-state index is 0.0164. The van der Waals surface area contributed by atoms with Crippen molar-refractivity contribution in [2.75, 3.05) is 26.7 Å². The van der Waals surface area contributed by atoms with E-state index in [-0.39, 0.29) is 24.2 Å². The number of halogens is 3. The third kappa shape index (κ3) is 5.76. The highest BCUT2D eigenvalue weighted by Gasteiger charge is 2.36. The van der Waals surface area contributed by atoms with Gasteiger partial charge in [-0.2, -0.15) is 18.3 Å². The Hall–Kier alpha value is -2.46. The van der Waals surface area contributed by atoms with Gasteiger partial charge >= 0.3 is 12.3 Å². The molecule has 152 valence electrons. The molecule has 1 aromatic heterocycles. The van der Waals surface area contributed by atoms with Gasteiger partial charge in [0.15, 0.2) is 11.7 Å². The molecule has 27 heavy (non-hydrogen) atoms. The fourth-order valence-corrected chi connectivity index (χ4v) is 2.91. The lowest BCUT2D eigenvalue weighted by atomic mass is 10.1. The number of carbonyl (C=O) groups is 1. The molecule has 2 rings (SSSR count). The predicted octanol–water partition coefficient (Wildman–Crippen LogP) is 1.72. The molecule has 2 heterocycles. The minimum Gasteiger partial charge on any atom is -0.453 e. The van der Waals surface area contributed by atoms with Gasteiger partial charge in [0.1, 0.15) is 0 Å². The Kier molecular flexibility index (Phi) is 6.92. The molecule has 0 unspecified atom stereocenters. The smallest absolute Gasteiger partial charge is 0.435 e. The van der Waals surface area contributed by atoms with Crippen molar-refractivity contribution < 1.29 is 22.7 Å². The van der Waals surface area contributed by atoms with Crippen LogP contribution < -0.4 is 10.6 Å². The second-order valence-electron chi connectivity index (χ2n) is 6.25. The van der Waals surface area contributed by atoms with E-state index in [1.807, 2.05) is 6.92 Å². The van der Waals surface area contributed by atoms with Gasteiger partial charge < -0.3 is 20.3 Å². The van der Waals surface area contributed by atoms with Crippen LogP contribution in [0, 0.1) is 0 Å². The molecular formula is C16H25F3N6O2. The van der Waals surface area contributed by atoms with Gasteiger partial charge in [-0.1, -0.05) is 0 Å². The van der Waals surface area contributed by atoms with Crippen molar-refractivity contribution in [2.24, 2.45) is 12.0 Å². The lowest BCUT2D eigenvalue weighted by molar-refractivity contribution is -0.142. The predicted molar refractivity (Wildman–Crippen MR) is 93.2 cm³/mol. The number of hydrogen-bond donors (Lipinski definition) is 2. The highest BCUT2D eigenvalue weighted by molar-refractivity contribution is 5.80. The monoisotopic (exact) mass is 390 g/mol. The average Bonchev–Trinajstić information content (AvgIpc) is 3.01. The molecule has 0 saturated carbocycles. The lowest BCUT2D eigenvalue weighted by Crippen LogP contribution is -2.49. The number of rotatable bonds is 4. The summed E-state index contributed by atoms with van der Waals surface area (Å²) in [6, 6.07) is 0.0692. The highest BCUT2D eigenvalue weighted by Crippen LogP contribution is 2.30. The fourth-order valence-electron chi connectivity index (χ4n) is 2.91. The van der Waals surface area contributed by atoms with Crippen molar-refractivity contribution in [1.29, 1.82) is 0 Å². The molecule has 0 aliphatic carbocycles. The maximum atomic E-state index is 13.0. The SMILES string of the molecule is CCNC(=NCc1cn(C)nc1C(F)(F)F)NC1CCN(C(=O)OC)CC1. The first kappa shape index (κ1) is 20.8. The molecule has 0 radical (unpaired) electrons. The third-order valence-corrected chi connectivity index (χ3v) is 4.19. The number of likely N-dealkylation sites (tertiary alicyclic amines) is 1. The normalized spacial score (nSPS) is 16.4. The summed E-state index contributed by atoms with van der Waals surface area (Å²) in [4.78, 5) is 17.4. The summed E-state index contributed by atoms with van der Waals surface area (Å²) in [5.74, 6) is 0.436. The summed E-state index contributed by atoms with van der Waals surface area (Å²) in [6.07, 6.45) is -2.16. The number of aryl methyl sites for hydroxylation is 1. The van der Waals surface area contributed by atoms with Crippen LogP contribution in [0.5, 0.6) is 0 Å². The van der Waals surface area contributed by atoms with Crippen LogP contribution >= 0.6 is 0 Å². The Bertz CT molecular complexity index is 666. The van der Waals surface area contributed by atoms with E-state index in [1.165, 1.54) is 20.4 Å². The van der Waals surface area contributed by atoms with E-state index in [4.69, 9.17) is 4.74 Å². The van der Waals surface area contributed by atoms with E-state index in [2.05, 4.69) is 20.7 Å². The molecule has 1 fully saturated rings. The van der Waals surface area contributed by atoms with Crippen LogP contribution in [-0.4, -0.2) is 59.5 Å². The van der Waals surface area contributed by atoms with Gasteiger partial charge in [0.2, 0.25) is 0 Å². The molecule has 0 atom stereocenters. The maximum absolute atomic E-state index is 13.0. The first-order chi connectivity index (χ1) is 12.7. The fraction of sp³-hybridized carbons (Fsp3) is 0.688. The van der Waals surface area contributed by atoms with Gasteiger partial charge in [0.25, 0.3) is 0 Å². The van der Waals surface area contributed by atoms with E-state index >= 15 is 0 Å². The van der Waals surface area contributed by atoms with E-state index in [0.717, 1.165) is 4.68 Å². The molecular weight excluding hydrogens is 365 g/mol. The standard InChI is InChI=1S/C16H25F3N6O2/c1-4-20-14(22-12-5-7-25(8-6-12)15(26)27-3)21-9-11-10-24(2)23-13(11)16(17,18)19/h10,12H,4-9H2,1-3H3,(H2,20,21,22). The molecule has 0 aromatic carbocycles. The van der Waals surface area contributed by atoms with Crippen molar-refractivity contribution in [3.8, 4) is 0 Å². The Morgan fingerprint density at radius 3 is 2.63 bits per heavy atom. The van der Waals surface area contributed by atoms with Crippen LogP contribution in [0.25, 0.3) is 0 Å². The van der Waals surface area contributed by atoms with Crippen LogP contribution in [0.1, 0.15) is 31.0 Å². The van der Waals surface area contributed by atoms with Gasteiger partial charge in [0, 0.05) is 44.5 Å². The molecule has 1 amide bonds. The van der Waals surface area contributed by atoms with Gasteiger partial charge in [-0.25, -0.2) is 9.79 Å². The number of ether oxygens (including phenoxy) is 1. The number of methoxy groups -OCH3 is 1. The average molecular weight is 390 g/mol. The second-order valence-corrected chi connectivity index (χ2v) is 6.25. The molecule has 2 N–H and O–H groups in total. The summed E-state index contributed by atoms with van der Waals surface area (Å²) in [5, 5.41) is 9.74. The number of aliphatic imine (C=N–C) groups is 1. The number of alkyl halides is 3. The molecule has 1 aliphatic rings. The third-order valence-electron chi connectivity index (χ3n) is 4.19. The zero-order valence-corrected chi connectivity index (χ0v) is 15.6. The minimum atomic E-state index is -4.52. The van der Waals surface area contributed by atoms with E-state index in [1.54, 1.807) is 4.90 Å². The van der Waals surface area contributed by atoms with Crippen LogP contribution in [0.15, 0.2) is 11.2 Å². The summed E-state index contributed by atoms with van der Waals surface area (Å²) < 4.78 is 45.0. The van der Waals surface area contributed by atoms with Crippen molar-refractivity contribution in [1.82, 2.24) is 25.3 Å². The Morgan fingerprint density at radius 2 is 2.07 bits per heavy atom. The maximum Gasteiger partial charge on any atom is 0.435 e. The zero-order valence-electron chi connectivity index (χ0n) is 15.6. The number of carbonyl (C=O) groups excluding carboxylic acids is 1. The van der Waals surface area contributed by atoms with Gasteiger partial charge in [-0.3, -0.25) is 4.68 Å². The number of piperidine rings is 1. The first-order valence-corrected chi connectivity index (χ1v) is 8.72. The Labute approximate surface area is 155 Å². The molecule has 0 spiro atoms. The number of aromatic nitrogens is 2. The van der Waals surface area contributed by atoms with Crippen LogP contribution in [0.3, 0.4) is 0 Å². The van der Waals surface area contributed by atoms with Crippen LogP contribution in [0.4, 0.5) is 18.0 Å². The first-order valence-electron chi connectivity index (χ1n) is 8.72. The summed E-state index contributed by atoms with van der Waals surface area (Å²) >= 11 is 0. The molecule has 1 aromatic rings. The summed E-state index contributed by atoms with van der Waals surface area (Å²) in [7, 11) is 2.79. The van der Waals surface area contributed by atoms with E-state index in [0.29, 0.717) is 38.4 Å².